The van der Waals surface area contributed by atoms with Crippen LogP contribution in [0.15, 0.2) is 36.4 Å². The maximum absolute atomic E-state index is 13.2. The van der Waals surface area contributed by atoms with E-state index in [1.165, 1.54) is 18.2 Å². The van der Waals surface area contributed by atoms with E-state index >= 15 is 0 Å². The van der Waals surface area contributed by atoms with Gasteiger partial charge in [-0.3, -0.25) is 4.79 Å². The van der Waals surface area contributed by atoms with Crippen LogP contribution in [0, 0.1) is 12.7 Å². The predicted molar refractivity (Wildman–Crippen MR) is 124 cm³/mol. The zero-order valence-electron chi connectivity index (χ0n) is 18.1. The number of nitrogens with zero attached hydrogens (tertiary/aromatic N) is 2. The molecule has 8 heteroatoms. The zero-order chi connectivity index (χ0) is 22.2. The molecule has 1 amide bonds. The van der Waals surface area contributed by atoms with E-state index in [9.17, 15) is 9.18 Å². The number of ether oxygens (including phenoxy) is 1. The third-order valence-corrected chi connectivity index (χ3v) is 5.63. The summed E-state index contributed by atoms with van der Waals surface area (Å²) in [7, 11) is 2.16. The molecule has 31 heavy (non-hydrogen) atoms. The molecular formula is C23H30ClFN4O2. The molecule has 168 valence electrons. The summed E-state index contributed by atoms with van der Waals surface area (Å²) >= 11 is 5.77. The van der Waals surface area contributed by atoms with Crippen LogP contribution in [-0.4, -0.2) is 68.6 Å². The second-order valence-electron chi connectivity index (χ2n) is 7.85. The second-order valence-corrected chi connectivity index (χ2v) is 8.26. The van der Waals surface area contributed by atoms with Gasteiger partial charge >= 0.3 is 0 Å². The standard InChI is InChI=1S/C23H30ClFN4O2/c1-17-4-6-19(31-13-3-8-29-11-9-28(2)10-12-29)15-22(17)27-23(30)16-26-18-5-7-21(25)20(24)14-18/h4-7,14-15,26H,3,8-13,16H2,1-2H3,(H,27,30). The van der Waals surface area contributed by atoms with Crippen LogP contribution in [0.3, 0.4) is 0 Å². The summed E-state index contributed by atoms with van der Waals surface area (Å²) in [6, 6.07) is 9.94. The molecule has 0 radical (unpaired) electrons. The number of carbonyl (C=O) groups excluding carboxylic acids is 1. The first-order valence-electron chi connectivity index (χ1n) is 10.5. The van der Waals surface area contributed by atoms with E-state index in [1.54, 1.807) is 0 Å². The molecule has 0 aromatic heterocycles. The molecular weight excluding hydrogens is 419 g/mol. The minimum atomic E-state index is -0.493. The predicted octanol–water partition coefficient (Wildman–Crippen LogP) is 3.85. The molecule has 1 aliphatic heterocycles. The molecule has 0 unspecified atom stereocenters. The van der Waals surface area contributed by atoms with E-state index in [-0.39, 0.29) is 17.5 Å². The van der Waals surface area contributed by atoms with Crippen molar-refractivity contribution in [1.82, 2.24) is 9.80 Å². The molecule has 6 nitrogen and oxygen atoms in total. The average molecular weight is 449 g/mol. The Balaban J connectivity index is 1.44. The van der Waals surface area contributed by atoms with Gasteiger partial charge in [0.1, 0.15) is 11.6 Å². The monoisotopic (exact) mass is 448 g/mol. The van der Waals surface area contributed by atoms with Gasteiger partial charge in [-0.2, -0.15) is 0 Å². The Kier molecular flexibility index (Phi) is 8.51. The number of nitrogens with one attached hydrogen (secondary N) is 2. The molecule has 1 heterocycles. The van der Waals surface area contributed by atoms with Gasteiger partial charge in [-0.05, 0) is 50.2 Å². The highest BCUT2D eigenvalue weighted by Gasteiger charge is 2.13. The molecule has 1 fully saturated rings. The Morgan fingerprint density at radius 2 is 1.94 bits per heavy atom. The van der Waals surface area contributed by atoms with Crippen molar-refractivity contribution in [2.24, 2.45) is 0 Å². The fourth-order valence-corrected chi connectivity index (χ4v) is 3.54. The molecule has 0 atom stereocenters. The number of carbonyl (C=O) groups is 1. The first-order valence-corrected chi connectivity index (χ1v) is 10.9. The highest BCUT2D eigenvalue weighted by molar-refractivity contribution is 6.31. The first kappa shape index (κ1) is 23.3. The number of halogens is 2. The molecule has 0 bridgehead atoms. The molecule has 0 saturated carbocycles. The van der Waals surface area contributed by atoms with Crippen molar-refractivity contribution in [3.63, 3.8) is 0 Å². The number of rotatable bonds is 9. The summed E-state index contributed by atoms with van der Waals surface area (Å²) in [6.07, 6.45) is 0.962. The molecule has 0 spiro atoms. The smallest absolute Gasteiger partial charge is 0.243 e. The average Bonchev–Trinajstić information content (AvgIpc) is 2.75. The number of piperazine rings is 1. The fourth-order valence-electron chi connectivity index (χ4n) is 3.36. The third kappa shape index (κ3) is 7.38. The summed E-state index contributed by atoms with van der Waals surface area (Å²) in [6.45, 7) is 8.08. The number of anilines is 2. The largest absolute Gasteiger partial charge is 0.493 e. The molecule has 2 aromatic rings. The minimum Gasteiger partial charge on any atom is -0.493 e. The number of hydrogen-bond acceptors (Lipinski definition) is 5. The number of amides is 1. The van der Waals surface area contributed by atoms with Gasteiger partial charge < -0.3 is 25.2 Å². The summed E-state index contributed by atoms with van der Waals surface area (Å²) < 4.78 is 19.1. The first-order chi connectivity index (χ1) is 14.9. The Morgan fingerprint density at radius 3 is 2.68 bits per heavy atom. The van der Waals surface area contributed by atoms with Gasteiger partial charge in [-0.15, -0.1) is 0 Å². The summed E-state index contributed by atoms with van der Waals surface area (Å²) in [5, 5.41) is 5.84. The lowest BCUT2D eigenvalue weighted by Gasteiger charge is -2.32. The maximum Gasteiger partial charge on any atom is 0.243 e. The summed E-state index contributed by atoms with van der Waals surface area (Å²) in [4.78, 5) is 17.1. The quantitative estimate of drug-likeness (QED) is 0.570. The zero-order valence-corrected chi connectivity index (χ0v) is 18.8. The van der Waals surface area contributed by atoms with Crippen LogP contribution in [0.5, 0.6) is 5.75 Å². The van der Waals surface area contributed by atoms with Crippen molar-refractivity contribution in [3.05, 3.63) is 52.8 Å². The van der Waals surface area contributed by atoms with Crippen LogP contribution in [0.1, 0.15) is 12.0 Å². The van der Waals surface area contributed by atoms with Gasteiger partial charge in [-0.1, -0.05) is 17.7 Å². The topological polar surface area (TPSA) is 56.8 Å². The minimum absolute atomic E-state index is 0.0127. The van der Waals surface area contributed by atoms with Gasteiger partial charge in [0, 0.05) is 50.2 Å². The molecule has 3 rings (SSSR count). The molecule has 1 aliphatic rings. The van der Waals surface area contributed by atoms with Gasteiger partial charge in [0.15, 0.2) is 0 Å². The molecule has 2 N–H and O–H groups in total. The lowest BCUT2D eigenvalue weighted by molar-refractivity contribution is -0.114. The molecule has 2 aromatic carbocycles. The molecule has 0 aliphatic carbocycles. The number of aryl methyl sites for hydroxylation is 1. The van der Waals surface area contributed by atoms with Crippen molar-refractivity contribution in [3.8, 4) is 5.75 Å². The van der Waals surface area contributed by atoms with E-state index in [2.05, 4.69) is 27.5 Å². The van der Waals surface area contributed by atoms with Gasteiger partial charge in [0.25, 0.3) is 0 Å². The van der Waals surface area contributed by atoms with Crippen LogP contribution in [0.4, 0.5) is 15.8 Å². The Hall–Kier alpha value is -2.35. The Morgan fingerprint density at radius 1 is 1.16 bits per heavy atom. The Bertz CT molecular complexity index is 888. The lowest BCUT2D eigenvalue weighted by atomic mass is 10.2. The van der Waals surface area contributed by atoms with E-state index in [0.29, 0.717) is 18.0 Å². The van der Waals surface area contributed by atoms with Crippen LogP contribution < -0.4 is 15.4 Å². The van der Waals surface area contributed by atoms with Gasteiger partial charge in [0.05, 0.1) is 18.2 Å². The van der Waals surface area contributed by atoms with Crippen molar-refractivity contribution < 1.29 is 13.9 Å². The second kappa shape index (κ2) is 11.3. The summed E-state index contributed by atoms with van der Waals surface area (Å²) in [5.74, 6) is 0.0287. The van der Waals surface area contributed by atoms with Gasteiger partial charge in [0.2, 0.25) is 5.91 Å². The number of likely N-dealkylation sites (N-methyl/N-ethyl adjacent to an activating group) is 1. The SMILES string of the molecule is Cc1ccc(OCCCN2CCN(C)CC2)cc1NC(=O)CNc1ccc(F)c(Cl)c1. The molecule has 1 saturated heterocycles. The van der Waals surface area contributed by atoms with Crippen molar-refractivity contribution in [2.45, 2.75) is 13.3 Å². The highest BCUT2D eigenvalue weighted by Crippen LogP contribution is 2.23. The number of hydrogen-bond donors (Lipinski definition) is 2. The number of benzene rings is 2. The fraction of sp³-hybridized carbons (Fsp3) is 0.435. The van der Waals surface area contributed by atoms with Crippen LogP contribution in [-0.2, 0) is 4.79 Å². The van der Waals surface area contributed by atoms with E-state index in [1.807, 2.05) is 25.1 Å². The van der Waals surface area contributed by atoms with E-state index < -0.39 is 5.82 Å². The van der Waals surface area contributed by atoms with Crippen LogP contribution in [0.2, 0.25) is 5.02 Å². The van der Waals surface area contributed by atoms with E-state index in [0.717, 1.165) is 50.5 Å². The normalized spacial score (nSPS) is 15.0. The Labute approximate surface area is 188 Å². The van der Waals surface area contributed by atoms with Crippen molar-refractivity contribution >= 4 is 28.9 Å². The van der Waals surface area contributed by atoms with Crippen molar-refractivity contribution in [1.29, 1.82) is 0 Å². The van der Waals surface area contributed by atoms with Crippen molar-refractivity contribution in [2.75, 3.05) is 63.6 Å². The van der Waals surface area contributed by atoms with Gasteiger partial charge in [-0.25, -0.2) is 4.39 Å². The third-order valence-electron chi connectivity index (χ3n) is 5.34. The van der Waals surface area contributed by atoms with E-state index in [4.69, 9.17) is 16.3 Å². The van der Waals surface area contributed by atoms with Crippen LogP contribution in [0.25, 0.3) is 0 Å². The highest BCUT2D eigenvalue weighted by atomic mass is 35.5. The lowest BCUT2D eigenvalue weighted by Crippen LogP contribution is -2.44. The maximum atomic E-state index is 13.2. The summed E-state index contributed by atoms with van der Waals surface area (Å²) in [5.41, 5.74) is 2.24. The van der Waals surface area contributed by atoms with Crippen LogP contribution >= 0.6 is 11.6 Å².